The fourth-order valence-corrected chi connectivity index (χ4v) is 2.23. The first-order valence-corrected chi connectivity index (χ1v) is 7.27. The lowest BCUT2D eigenvalue weighted by molar-refractivity contribution is -0.128. The largest absolute Gasteiger partial charge is 0.356 e. The van der Waals surface area contributed by atoms with Crippen LogP contribution in [-0.2, 0) is 22.4 Å². The average molecular weight is 327 g/mol. The van der Waals surface area contributed by atoms with Gasteiger partial charge in [-0.05, 0) is 29.8 Å². The second kappa shape index (κ2) is 6.91. The summed E-state index contributed by atoms with van der Waals surface area (Å²) < 4.78 is 17.9. The van der Waals surface area contributed by atoms with Crippen molar-refractivity contribution in [1.82, 2.24) is 16.0 Å². The van der Waals surface area contributed by atoms with Gasteiger partial charge in [0.2, 0.25) is 11.8 Å². The number of para-hydroxylation sites is 1. The fourth-order valence-electron chi connectivity index (χ4n) is 2.23. The van der Waals surface area contributed by atoms with Crippen LogP contribution in [0.5, 0.6) is 0 Å². The number of hydrogen-bond acceptors (Lipinski definition) is 4. The van der Waals surface area contributed by atoms with Gasteiger partial charge in [-0.25, -0.2) is 4.39 Å². The van der Waals surface area contributed by atoms with Crippen LogP contribution in [0.1, 0.15) is 11.3 Å². The first kappa shape index (κ1) is 15.7. The first-order chi connectivity index (χ1) is 11.6. The maximum absolute atomic E-state index is 12.8. The van der Waals surface area contributed by atoms with E-state index >= 15 is 0 Å². The summed E-state index contributed by atoms with van der Waals surface area (Å²) in [5.74, 6) is -1.19. The minimum Gasteiger partial charge on any atom is -0.356 e. The molecule has 0 aliphatic carbocycles. The van der Waals surface area contributed by atoms with Crippen molar-refractivity contribution >= 4 is 22.8 Å². The standard InChI is InChI=1S/C17H14FN3O3/c18-12-7-5-11(6-8-12)9-16(22)19-20-17(23)10-14-13-3-1-2-4-15(13)24-21-14/h1-8H,9-10H2,(H,19,22)(H,20,23). The van der Waals surface area contributed by atoms with E-state index in [1.165, 1.54) is 24.3 Å². The molecule has 3 rings (SSSR count). The SMILES string of the molecule is O=C(Cc1ccc(F)cc1)NNC(=O)Cc1noc2ccccc12. The van der Waals surface area contributed by atoms with Crippen LogP contribution in [0.2, 0.25) is 0 Å². The Labute approximate surface area is 136 Å². The molecule has 7 heteroatoms. The number of hydrazine groups is 1. The van der Waals surface area contributed by atoms with Crippen LogP contribution in [0.4, 0.5) is 4.39 Å². The van der Waals surface area contributed by atoms with Crippen LogP contribution in [0.25, 0.3) is 11.0 Å². The molecule has 0 aliphatic heterocycles. The Bertz CT molecular complexity index is 874. The number of carbonyl (C=O) groups excluding carboxylic acids is 2. The molecule has 0 atom stereocenters. The molecule has 2 amide bonds. The van der Waals surface area contributed by atoms with E-state index in [0.29, 0.717) is 16.8 Å². The van der Waals surface area contributed by atoms with Crippen LogP contribution in [0, 0.1) is 5.82 Å². The number of carbonyl (C=O) groups is 2. The summed E-state index contributed by atoms with van der Waals surface area (Å²) in [4.78, 5) is 23.7. The summed E-state index contributed by atoms with van der Waals surface area (Å²) in [7, 11) is 0. The van der Waals surface area contributed by atoms with E-state index in [-0.39, 0.29) is 18.7 Å². The zero-order valence-corrected chi connectivity index (χ0v) is 12.6. The van der Waals surface area contributed by atoms with Crippen LogP contribution >= 0.6 is 0 Å². The molecule has 1 heterocycles. The normalized spacial score (nSPS) is 10.5. The number of aromatic nitrogens is 1. The minimum atomic E-state index is -0.415. The second-order valence-corrected chi connectivity index (χ2v) is 5.20. The van der Waals surface area contributed by atoms with E-state index in [2.05, 4.69) is 16.0 Å². The number of nitrogens with zero attached hydrogens (tertiary/aromatic N) is 1. The second-order valence-electron chi connectivity index (χ2n) is 5.20. The molecule has 2 N–H and O–H groups in total. The Morgan fingerprint density at radius 2 is 1.62 bits per heavy atom. The van der Waals surface area contributed by atoms with Gasteiger partial charge < -0.3 is 4.52 Å². The van der Waals surface area contributed by atoms with E-state index in [4.69, 9.17) is 4.52 Å². The fraction of sp³-hybridized carbons (Fsp3) is 0.118. The summed E-state index contributed by atoms with van der Waals surface area (Å²) in [5.41, 5.74) is 6.38. The molecule has 0 radical (unpaired) electrons. The van der Waals surface area contributed by atoms with Crippen molar-refractivity contribution in [2.24, 2.45) is 0 Å². The Balaban J connectivity index is 1.52. The summed E-state index contributed by atoms with van der Waals surface area (Å²) in [6, 6.07) is 12.8. The quantitative estimate of drug-likeness (QED) is 0.717. The van der Waals surface area contributed by atoms with Crippen LogP contribution in [-0.4, -0.2) is 17.0 Å². The molecule has 0 saturated heterocycles. The van der Waals surface area contributed by atoms with Crippen molar-refractivity contribution in [3.05, 3.63) is 65.6 Å². The summed E-state index contributed by atoms with van der Waals surface area (Å²) in [6.45, 7) is 0. The van der Waals surface area contributed by atoms with E-state index in [1.54, 1.807) is 6.07 Å². The van der Waals surface area contributed by atoms with Gasteiger partial charge in [-0.1, -0.05) is 29.4 Å². The number of fused-ring (bicyclic) bond motifs is 1. The molecule has 122 valence electrons. The van der Waals surface area contributed by atoms with Crippen molar-refractivity contribution in [2.45, 2.75) is 12.8 Å². The van der Waals surface area contributed by atoms with Crippen molar-refractivity contribution in [3.8, 4) is 0 Å². The van der Waals surface area contributed by atoms with Gasteiger partial charge in [-0.2, -0.15) is 0 Å². The van der Waals surface area contributed by atoms with Crippen molar-refractivity contribution in [2.75, 3.05) is 0 Å². The molecule has 6 nitrogen and oxygen atoms in total. The van der Waals surface area contributed by atoms with E-state index < -0.39 is 11.8 Å². The third-order valence-electron chi connectivity index (χ3n) is 3.40. The van der Waals surface area contributed by atoms with Crippen LogP contribution in [0.15, 0.2) is 53.1 Å². The zero-order valence-electron chi connectivity index (χ0n) is 12.6. The molecule has 24 heavy (non-hydrogen) atoms. The first-order valence-electron chi connectivity index (χ1n) is 7.27. The molecule has 1 aromatic heterocycles. The highest BCUT2D eigenvalue weighted by atomic mass is 19.1. The van der Waals surface area contributed by atoms with Crippen LogP contribution < -0.4 is 10.9 Å². The molecule has 0 spiro atoms. The topological polar surface area (TPSA) is 84.2 Å². The lowest BCUT2D eigenvalue weighted by Gasteiger charge is -2.06. The van der Waals surface area contributed by atoms with Gasteiger partial charge >= 0.3 is 0 Å². The number of hydrogen-bond donors (Lipinski definition) is 2. The molecule has 0 bridgehead atoms. The number of benzene rings is 2. The van der Waals surface area contributed by atoms with Gasteiger partial charge in [0.05, 0.1) is 12.8 Å². The predicted molar refractivity (Wildman–Crippen MR) is 84.1 cm³/mol. The Morgan fingerprint density at radius 1 is 0.958 bits per heavy atom. The Hall–Kier alpha value is -3.22. The monoisotopic (exact) mass is 327 g/mol. The maximum atomic E-state index is 12.8. The number of nitrogens with one attached hydrogen (secondary N) is 2. The van der Waals surface area contributed by atoms with Gasteiger partial charge in [0.1, 0.15) is 11.5 Å². The summed E-state index contributed by atoms with van der Waals surface area (Å²) >= 11 is 0. The van der Waals surface area contributed by atoms with Gasteiger partial charge in [0, 0.05) is 5.39 Å². The number of amides is 2. The molecule has 0 saturated carbocycles. The van der Waals surface area contributed by atoms with Gasteiger partial charge in [0.25, 0.3) is 0 Å². The van der Waals surface area contributed by atoms with Gasteiger partial charge in [-0.15, -0.1) is 0 Å². The lowest BCUT2D eigenvalue weighted by atomic mass is 10.1. The lowest BCUT2D eigenvalue weighted by Crippen LogP contribution is -2.43. The average Bonchev–Trinajstić information content (AvgIpc) is 2.98. The van der Waals surface area contributed by atoms with Gasteiger partial charge in [0.15, 0.2) is 5.58 Å². The Morgan fingerprint density at radius 3 is 2.38 bits per heavy atom. The molecular formula is C17H14FN3O3. The van der Waals surface area contributed by atoms with E-state index in [1.807, 2.05) is 18.2 Å². The van der Waals surface area contributed by atoms with E-state index in [9.17, 15) is 14.0 Å². The predicted octanol–water partition coefficient (Wildman–Crippen LogP) is 1.90. The summed E-state index contributed by atoms with van der Waals surface area (Å²) in [5, 5.41) is 4.61. The highest BCUT2D eigenvalue weighted by Gasteiger charge is 2.12. The number of halogens is 1. The van der Waals surface area contributed by atoms with Gasteiger partial charge in [-0.3, -0.25) is 20.4 Å². The molecule has 2 aromatic carbocycles. The third-order valence-corrected chi connectivity index (χ3v) is 3.40. The highest BCUT2D eigenvalue weighted by Crippen LogP contribution is 2.17. The molecule has 3 aromatic rings. The third kappa shape index (κ3) is 3.75. The zero-order chi connectivity index (χ0) is 16.9. The Kier molecular flexibility index (Phi) is 4.51. The smallest absolute Gasteiger partial charge is 0.244 e. The minimum absolute atomic E-state index is 0.0200. The molecule has 0 aliphatic rings. The maximum Gasteiger partial charge on any atom is 0.244 e. The molecule has 0 unspecified atom stereocenters. The summed E-state index contributed by atoms with van der Waals surface area (Å²) in [6.07, 6.45) is 0.0152. The van der Waals surface area contributed by atoms with Crippen molar-refractivity contribution < 1.29 is 18.5 Å². The van der Waals surface area contributed by atoms with Crippen molar-refractivity contribution in [3.63, 3.8) is 0 Å². The highest BCUT2D eigenvalue weighted by molar-refractivity contribution is 5.88. The molecule has 0 fully saturated rings. The number of rotatable bonds is 4. The van der Waals surface area contributed by atoms with E-state index in [0.717, 1.165) is 5.39 Å². The van der Waals surface area contributed by atoms with Crippen LogP contribution in [0.3, 0.4) is 0 Å². The molecular weight excluding hydrogens is 313 g/mol. The van der Waals surface area contributed by atoms with Crippen molar-refractivity contribution in [1.29, 1.82) is 0 Å².